The molecule has 10 heteroatoms. The molecule has 0 bridgehead atoms. The smallest absolute Gasteiger partial charge is 0.343 e. The van der Waals surface area contributed by atoms with Gasteiger partial charge >= 0.3 is 29.8 Å². The van der Waals surface area contributed by atoms with E-state index in [0.717, 1.165) is 36.4 Å². The normalized spacial score (nSPS) is 9.60. The topological polar surface area (TPSA) is 132 Å². The second-order valence-corrected chi connectivity index (χ2v) is 6.16. The third-order valence-corrected chi connectivity index (χ3v) is 3.81. The van der Waals surface area contributed by atoms with Crippen molar-refractivity contribution in [2.75, 3.05) is 0 Å². The molecule has 0 aromatic heterocycles. The molecule has 0 heterocycles. The molecule has 0 saturated heterocycles. The number of ether oxygens (including phenoxy) is 5. The highest BCUT2D eigenvalue weighted by Crippen LogP contribution is 2.34. The van der Waals surface area contributed by atoms with Gasteiger partial charge in [-0.15, -0.1) is 0 Å². The molecule has 2 aromatic rings. The molecule has 2 rings (SSSR count). The number of hydrogen-bond acceptors (Lipinski definition) is 10. The number of carbonyl (C=O) groups is 5. The van der Waals surface area contributed by atoms with Gasteiger partial charge < -0.3 is 23.7 Å². The molecule has 0 amide bonds. The average Bonchev–Trinajstić information content (AvgIpc) is 2.85. The quantitative estimate of drug-likeness (QED) is 0.285. The Morgan fingerprint density at radius 2 is 0.943 bits per heavy atom. The van der Waals surface area contributed by atoms with Gasteiger partial charge in [-0.3, -0.25) is 0 Å². The molecular formula is C25H18O10. The van der Waals surface area contributed by atoms with Gasteiger partial charge in [0, 0.05) is 30.4 Å². The summed E-state index contributed by atoms with van der Waals surface area (Å²) in [4.78, 5) is 59.1. The third-order valence-electron chi connectivity index (χ3n) is 3.81. The largest absolute Gasteiger partial charge is 0.423 e. The van der Waals surface area contributed by atoms with Crippen LogP contribution >= 0.6 is 0 Å². The summed E-state index contributed by atoms with van der Waals surface area (Å²) in [6.07, 6.45) is 3.56. The first-order valence-corrected chi connectivity index (χ1v) is 9.58. The van der Waals surface area contributed by atoms with E-state index in [0.29, 0.717) is 0 Å². The number of esters is 5. The lowest BCUT2D eigenvalue weighted by atomic mass is 10.2. The van der Waals surface area contributed by atoms with Crippen molar-refractivity contribution in [1.82, 2.24) is 0 Å². The zero-order valence-corrected chi connectivity index (χ0v) is 18.2. The van der Waals surface area contributed by atoms with E-state index >= 15 is 0 Å². The van der Waals surface area contributed by atoms with Crippen LogP contribution in [0.5, 0.6) is 28.7 Å². The molecule has 10 nitrogen and oxygen atoms in total. The Labute approximate surface area is 199 Å². The molecule has 0 unspecified atom stereocenters. The highest BCUT2D eigenvalue weighted by Gasteiger charge is 2.20. The lowest BCUT2D eigenvalue weighted by Gasteiger charge is -2.13. The maximum Gasteiger partial charge on any atom is 0.343 e. The number of carbonyl (C=O) groups excluding carboxylic acids is 5. The third kappa shape index (κ3) is 7.39. The Balaban J connectivity index is 2.39. The fraction of sp³-hybridized carbons (Fsp3) is 0. The van der Waals surface area contributed by atoms with Crippen LogP contribution in [0.1, 0.15) is 10.4 Å². The summed E-state index contributed by atoms with van der Waals surface area (Å²) in [5.41, 5.74) is -0.126. The van der Waals surface area contributed by atoms with E-state index in [1.165, 1.54) is 24.3 Å². The maximum absolute atomic E-state index is 12.8. The first-order chi connectivity index (χ1) is 16.7. The highest BCUT2D eigenvalue weighted by atomic mass is 16.6. The van der Waals surface area contributed by atoms with E-state index in [1.807, 2.05) is 0 Å². The Bertz CT molecular complexity index is 1240. The fourth-order valence-corrected chi connectivity index (χ4v) is 2.28. The zero-order valence-electron chi connectivity index (χ0n) is 18.2. The molecule has 0 fully saturated rings. The van der Waals surface area contributed by atoms with Gasteiger partial charge in [0.15, 0.2) is 23.0 Å². The summed E-state index contributed by atoms with van der Waals surface area (Å²) >= 11 is 0. The number of hydrogen-bond donors (Lipinski definition) is 0. The summed E-state index contributed by atoms with van der Waals surface area (Å²) in [7, 11) is 0. The van der Waals surface area contributed by atoms with Crippen molar-refractivity contribution >= 4 is 29.8 Å². The number of rotatable bonds is 10. The van der Waals surface area contributed by atoms with Crippen molar-refractivity contribution < 1.29 is 47.7 Å². The summed E-state index contributed by atoms with van der Waals surface area (Å²) in [5.74, 6) is -5.25. The molecule has 35 heavy (non-hydrogen) atoms. The first-order valence-electron chi connectivity index (χ1n) is 9.58. The Kier molecular flexibility index (Phi) is 9.00. The van der Waals surface area contributed by atoms with Crippen molar-refractivity contribution in [3.05, 3.63) is 92.6 Å². The predicted molar refractivity (Wildman–Crippen MR) is 121 cm³/mol. The van der Waals surface area contributed by atoms with Gasteiger partial charge in [-0.25, -0.2) is 24.0 Å². The number of benzene rings is 2. The molecule has 0 aliphatic heterocycles. The molecule has 0 aliphatic carbocycles. The molecule has 0 saturated carbocycles. The average molecular weight is 478 g/mol. The zero-order chi connectivity index (χ0) is 26.0. The predicted octanol–water partition coefficient (Wildman–Crippen LogP) is 3.27. The summed E-state index contributed by atoms with van der Waals surface area (Å²) in [6, 6.07) is 7.15. The van der Waals surface area contributed by atoms with Gasteiger partial charge in [0.1, 0.15) is 5.75 Å². The Hall–Kier alpha value is -5.25. The van der Waals surface area contributed by atoms with Crippen LogP contribution in [0.4, 0.5) is 0 Å². The Morgan fingerprint density at radius 3 is 1.49 bits per heavy atom. The summed E-state index contributed by atoms with van der Waals surface area (Å²) < 4.78 is 25.3. The Morgan fingerprint density at radius 1 is 0.514 bits per heavy atom. The van der Waals surface area contributed by atoms with E-state index in [-0.39, 0.29) is 34.3 Å². The van der Waals surface area contributed by atoms with E-state index in [2.05, 4.69) is 26.3 Å². The lowest BCUT2D eigenvalue weighted by Crippen LogP contribution is -2.13. The van der Waals surface area contributed by atoms with Crippen LogP contribution < -0.4 is 23.7 Å². The molecule has 178 valence electrons. The van der Waals surface area contributed by atoms with Gasteiger partial charge in [-0.05, 0) is 30.3 Å². The molecule has 2 aromatic carbocycles. The molecule has 0 atom stereocenters. The SMILES string of the molecule is C=CC(=O)Oc1ccc(OC(=O)c2ccc(OC(=O)C=C)c(OC(=O)C=C)c2)c(OC(=O)C=C)c1. The van der Waals surface area contributed by atoms with E-state index in [9.17, 15) is 24.0 Å². The minimum atomic E-state index is -0.964. The van der Waals surface area contributed by atoms with Crippen LogP contribution in [0.3, 0.4) is 0 Å². The van der Waals surface area contributed by atoms with Gasteiger partial charge in [0.2, 0.25) is 0 Å². The van der Waals surface area contributed by atoms with Gasteiger partial charge in [0.25, 0.3) is 0 Å². The van der Waals surface area contributed by atoms with Crippen LogP contribution in [0.2, 0.25) is 0 Å². The first kappa shape index (κ1) is 26.0. The minimum absolute atomic E-state index is 0.0198. The molecule has 0 N–H and O–H groups in total. The summed E-state index contributed by atoms with van der Waals surface area (Å²) in [5, 5.41) is 0. The van der Waals surface area contributed by atoms with Crippen molar-refractivity contribution in [3.8, 4) is 28.7 Å². The van der Waals surface area contributed by atoms with Gasteiger partial charge in [0.05, 0.1) is 5.56 Å². The molecule has 0 radical (unpaired) electrons. The van der Waals surface area contributed by atoms with Crippen LogP contribution in [-0.2, 0) is 19.2 Å². The molecular weight excluding hydrogens is 460 g/mol. The second kappa shape index (κ2) is 12.1. The standard InChI is InChI=1S/C25H18O10/c1-5-21(26)31-16-10-12-18(20(14-16)34-24(29)8-4)35-25(30)15-9-11-17(32-22(27)6-2)19(13-15)33-23(28)7-3/h5-14H,1-4H2. The maximum atomic E-state index is 12.8. The molecule has 0 aliphatic rings. The van der Waals surface area contributed by atoms with Crippen molar-refractivity contribution in [1.29, 1.82) is 0 Å². The van der Waals surface area contributed by atoms with Crippen molar-refractivity contribution in [2.24, 2.45) is 0 Å². The van der Waals surface area contributed by atoms with Crippen LogP contribution in [0.25, 0.3) is 0 Å². The van der Waals surface area contributed by atoms with E-state index < -0.39 is 29.8 Å². The summed E-state index contributed by atoms with van der Waals surface area (Å²) in [6.45, 7) is 13.1. The minimum Gasteiger partial charge on any atom is -0.423 e. The van der Waals surface area contributed by atoms with E-state index in [1.54, 1.807) is 0 Å². The van der Waals surface area contributed by atoms with Crippen molar-refractivity contribution in [3.63, 3.8) is 0 Å². The van der Waals surface area contributed by atoms with Crippen molar-refractivity contribution in [2.45, 2.75) is 0 Å². The van der Waals surface area contributed by atoms with Crippen LogP contribution in [0, 0.1) is 0 Å². The molecule has 0 spiro atoms. The van der Waals surface area contributed by atoms with Gasteiger partial charge in [-0.2, -0.15) is 0 Å². The monoisotopic (exact) mass is 478 g/mol. The van der Waals surface area contributed by atoms with Gasteiger partial charge in [-0.1, -0.05) is 26.3 Å². The van der Waals surface area contributed by atoms with Crippen LogP contribution in [-0.4, -0.2) is 29.8 Å². The lowest BCUT2D eigenvalue weighted by molar-refractivity contribution is -0.131. The second-order valence-electron chi connectivity index (χ2n) is 6.16. The van der Waals surface area contributed by atoms with E-state index in [4.69, 9.17) is 23.7 Å². The highest BCUT2D eigenvalue weighted by molar-refractivity contribution is 5.94. The van der Waals surface area contributed by atoms with Crippen LogP contribution in [0.15, 0.2) is 87.0 Å². The fourth-order valence-electron chi connectivity index (χ4n) is 2.28.